The van der Waals surface area contributed by atoms with Gasteiger partial charge in [-0.3, -0.25) is 4.90 Å². The van der Waals surface area contributed by atoms with E-state index < -0.39 is 10.0 Å². The molecule has 1 aliphatic heterocycles. The molecule has 0 saturated carbocycles. The molecule has 132 valence electrons. The molecule has 1 aliphatic rings. The van der Waals surface area contributed by atoms with Gasteiger partial charge in [0.1, 0.15) is 16.3 Å². The number of hydrogen-bond donors (Lipinski definition) is 1. The zero-order chi connectivity index (χ0) is 17.2. The topological polar surface area (TPSA) is 88.6 Å². The average Bonchev–Trinajstić information content (AvgIpc) is 3.19. The SMILES string of the molecule is Cc1noc(C)c1S(=O)(=O)NCC(c1ccco1)N1CCCCC1. The summed E-state index contributed by atoms with van der Waals surface area (Å²) in [5.41, 5.74) is 0.368. The van der Waals surface area contributed by atoms with Crippen molar-refractivity contribution in [1.82, 2.24) is 14.8 Å². The van der Waals surface area contributed by atoms with E-state index in [0.29, 0.717) is 11.5 Å². The van der Waals surface area contributed by atoms with E-state index in [-0.39, 0.29) is 17.5 Å². The Labute approximate surface area is 142 Å². The highest BCUT2D eigenvalue weighted by Crippen LogP contribution is 2.26. The van der Waals surface area contributed by atoms with Crippen molar-refractivity contribution in [3.8, 4) is 0 Å². The van der Waals surface area contributed by atoms with E-state index >= 15 is 0 Å². The number of sulfonamides is 1. The molecule has 2 aromatic rings. The van der Waals surface area contributed by atoms with E-state index in [1.54, 1.807) is 20.1 Å². The van der Waals surface area contributed by atoms with Gasteiger partial charge in [0.05, 0.1) is 12.3 Å². The van der Waals surface area contributed by atoms with Gasteiger partial charge >= 0.3 is 0 Å². The van der Waals surface area contributed by atoms with Gasteiger partial charge in [-0.05, 0) is 51.9 Å². The van der Waals surface area contributed by atoms with E-state index in [1.165, 1.54) is 6.42 Å². The molecule has 0 aromatic carbocycles. The number of piperidine rings is 1. The lowest BCUT2D eigenvalue weighted by molar-refractivity contribution is 0.147. The van der Waals surface area contributed by atoms with Crippen molar-refractivity contribution in [2.45, 2.75) is 44.0 Å². The van der Waals surface area contributed by atoms with Crippen LogP contribution in [0.3, 0.4) is 0 Å². The molecule has 0 spiro atoms. The van der Waals surface area contributed by atoms with Crippen molar-refractivity contribution in [3.63, 3.8) is 0 Å². The molecule has 0 bridgehead atoms. The maximum absolute atomic E-state index is 12.6. The highest BCUT2D eigenvalue weighted by atomic mass is 32.2. The summed E-state index contributed by atoms with van der Waals surface area (Å²) < 4.78 is 38.5. The largest absolute Gasteiger partial charge is 0.468 e. The van der Waals surface area contributed by atoms with Crippen LogP contribution >= 0.6 is 0 Å². The fourth-order valence-corrected chi connectivity index (χ4v) is 4.60. The predicted octanol–water partition coefficient (Wildman–Crippen LogP) is 2.39. The summed E-state index contributed by atoms with van der Waals surface area (Å²) in [6, 6.07) is 3.61. The van der Waals surface area contributed by atoms with Gasteiger partial charge in [0, 0.05) is 6.54 Å². The Morgan fingerprint density at radius 3 is 2.62 bits per heavy atom. The van der Waals surface area contributed by atoms with Crippen LogP contribution in [-0.4, -0.2) is 38.1 Å². The summed E-state index contributed by atoms with van der Waals surface area (Å²) in [5.74, 6) is 1.07. The van der Waals surface area contributed by atoms with Crippen LogP contribution in [0.25, 0.3) is 0 Å². The Hall–Kier alpha value is -1.64. The van der Waals surface area contributed by atoms with E-state index in [0.717, 1.165) is 31.7 Å². The van der Waals surface area contributed by atoms with E-state index in [4.69, 9.17) is 8.94 Å². The third-order valence-corrected chi connectivity index (χ3v) is 6.07. The summed E-state index contributed by atoms with van der Waals surface area (Å²) in [7, 11) is -3.68. The number of hydrogen-bond acceptors (Lipinski definition) is 6. The number of furan rings is 1. The summed E-state index contributed by atoms with van der Waals surface area (Å²) in [6.45, 7) is 5.36. The van der Waals surface area contributed by atoms with Gasteiger partial charge in [-0.15, -0.1) is 0 Å². The number of likely N-dealkylation sites (tertiary alicyclic amines) is 1. The molecule has 1 saturated heterocycles. The minimum atomic E-state index is -3.68. The van der Waals surface area contributed by atoms with Crippen LogP contribution in [0.1, 0.15) is 42.5 Å². The summed E-state index contributed by atoms with van der Waals surface area (Å²) in [4.78, 5) is 2.40. The van der Waals surface area contributed by atoms with E-state index in [9.17, 15) is 8.42 Å². The van der Waals surface area contributed by atoms with Crippen molar-refractivity contribution >= 4 is 10.0 Å². The minimum absolute atomic E-state index is 0.115. The summed E-state index contributed by atoms with van der Waals surface area (Å²) in [6.07, 6.45) is 5.07. The van der Waals surface area contributed by atoms with Crippen molar-refractivity contribution < 1.29 is 17.4 Å². The van der Waals surface area contributed by atoms with Gasteiger partial charge < -0.3 is 8.94 Å². The maximum atomic E-state index is 12.6. The highest BCUT2D eigenvalue weighted by molar-refractivity contribution is 7.89. The maximum Gasteiger partial charge on any atom is 0.246 e. The number of rotatable bonds is 6. The third kappa shape index (κ3) is 3.55. The zero-order valence-electron chi connectivity index (χ0n) is 14.0. The first-order valence-corrected chi connectivity index (χ1v) is 9.67. The standard InChI is InChI=1S/C16H23N3O4S/c1-12-16(13(2)23-18-12)24(20,21)17-11-14(15-7-6-10-22-15)19-8-4-3-5-9-19/h6-7,10,14,17H,3-5,8-9,11H2,1-2H3. The van der Waals surface area contributed by atoms with Crippen molar-refractivity contribution in [2.24, 2.45) is 0 Å². The fourth-order valence-electron chi connectivity index (χ4n) is 3.24. The number of aromatic nitrogens is 1. The average molecular weight is 353 g/mol. The van der Waals surface area contributed by atoms with E-state index in [1.807, 2.05) is 12.1 Å². The molecule has 24 heavy (non-hydrogen) atoms. The predicted molar refractivity (Wildman–Crippen MR) is 88.0 cm³/mol. The normalized spacial score (nSPS) is 17.9. The quantitative estimate of drug-likeness (QED) is 0.858. The Balaban J connectivity index is 1.78. The fraction of sp³-hybridized carbons (Fsp3) is 0.562. The number of aryl methyl sites for hydroxylation is 2. The lowest BCUT2D eigenvalue weighted by atomic mass is 10.1. The number of nitrogens with one attached hydrogen (secondary N) is 1. The van der Waals surface area contributed by atoms with Crippen LogP contribution in [0.2, 0.25) is 0 Å². The Morgan fingerprint density at radius 1 is 1.29 bits per heavy atom. The molecule has 1 atom stereocenters. The molecule has 1 fully saturated rings. The van der Waals surface area contributed by atoms with Crippen LogP contribution in [0, 0.1) is 13.8 Å². The van der Waals surface area contributed by atoms with Crippen LogP contribution in [0.15, 0.2) is 32.2 Å². The molecular formula is C16H23N3O4S. The van der Waals surface area contributed by atoms with Gasteiger partial charge in [-0.2, -0.15) is 0 Å². The van der Waals surface area contributed by atoms with Gasteiger partial charge in [0.25, 0.3) is 0 Å². The van der Waals surface area contributed by atoms with Gasteiger partial charge in [0.2, 0.25) is 10.0 Å². The van der Waals surface area contributed by atoms with E-state index in [2.05, 4.69) is 14.8 Å². The van der Waals surface area contributed by atoms with Gasteiger partial charge in [-0.25, -0.2) is 13.1 Å². The second-order valence-electron chi connectivity index (χ2n) is 6.13. The van der Waals surface area contributed by atoms with Crippen molar-refractivity contribution in [3.05, 3.63) is 35.6 Å². The first-order valence-electron chi connectivity index (χ1n) is 8.19. The zero-order valence-corrected chi connectivity index (χ0v) is 14.8. The Kier molecular flexibility index (Phi) is 5.07. The second kappa shape index (κ2) is 7.08. The van der Waals surface area contributed by atoms with Gasteiger partial charge in [0.15, 0.2) is 5.76 Å². The van der Waals surface area contributed by atoms with Crippen molar-refractivity contribution in [1.29, 1.82) is 0 Å². The Morgan fingerprint density at radius 2 is 2.04 bits per heavy atom. The molecule has 0 amide bonds. The summed E-state index contributed by atoms with van der Waals surface area (Å²) in [5, 5.41) is 3.73. The molecule has 1 unspecified atom stereocenters. The molecule has 8 heteroatoms. The molecule has 2 aromatic heterocycles. The first-order chi connectivity index (χ1) is 11.5. The first kappa shape index (κ1) is 17.2. The molecule has 3 heterocycles. The van der Waals surface area contributed by atoms with Crippen LogP contribution < -0.4 is 4.72 Å². The lowest BCUT2D eigenvalue weighted by Gasteiger charge is -2.33. The molecule has 7 nitrogen and oxygen atoms in total. The Bertz CT molecular complexity index is 742. The molecule has 0 aliphatic carbocycles. The van der Waals surface area contributed by atoms with Crippen molar-refractivity contribution in [2.75, 3.05) is 19.6 Å². The summed E-state index contributed by atoms with van der Waals surface area (Å²) >= 11 is 0. The van der Waals surface area contributed by atoms with Gasteiger partial charge in [-0.1, -0.05) is 11.6 Å². The van der Waals surface area contributed by atoms with Crippen LogP contribution in [0.4, 0.5) is 0 Å². The monoisotopic (exact) mass is 353 g/mol. The van der Waals surface area contributed by atoms with Crippen LogP contribution in [0.5, 0.6) is 0 Å². The van der Waals surface area contributed by atoms with Crippen LogP contribution in [-0.2, 0) is 10.0 Å². The number of nitrogens with zero attached hydrogens (tertiary/aromatic N) is 2. The lowest BCUT2D eigenvalue weighted by Crippen LogP contribution is -2.40. The third-order valence-electron chi connectivity index (χ3n) is 4.41. The molecule has 3 rings (SSSR count). The second-order valence-corrected chi connectivity index (χ2v) is 7.84. The smallest absolute Gasteiger partial charge is 0.246 e. The molecule has 0 radical (unpaired) electrons. The molecule has 1 N–H and O–H groups in total. The molecular weight excluding hydrogens is 330 g/mol. The minimum Gasteiger partial charge on any atom is -0.468 e. The highest BCUT2D eigenvalue weighted by Gasteiger charge is 2.29.